The minimum atomic E-state index is -2.71. The van der Waals surface area contributed by atoms with Gasteiger partial charge in [0.05, 0.1) is 5.79 Å². The predicted octanol–water partition coefficient (Wildman–Crippen LogP) is 0.570. The Morgan fingerprint density at radius 2 is 1.14 bits per heavy atom. The highest BCUT2D eigenvalue weighted by Gasteiger charge is 2.38. The molecule has 0 unspecified atom stereocenters. The lowest BCUT2D eigenvalue weighted by molar-refractivity contribution is 0.0318. The maximum Gasteiger partial charge on any atom is 0.528 e. The molecule has 2 saturated heterocycles. The molecule has 0 aromatic rings. The van der Waals surface area contributed by atoms with Crippen LogP contribution in [0.4, 0.5) is 0 Å². The van der Waals surface area contributed by atoms with E-state index in [1.807, 2.05) is 20.8 Å². The zero-order chi connectivity index (χ0) is 20.4. The van der Waals surface area contributed by atoms with Crippen LogP contribution >= 0.6 is 0 Å². The van der Waals surface area contributed by atoms with E-state index in [0.717, 1.165) is 52.4 Å². The van der Waals surface area contributed by atoms with Crippen LogP contribution in [0.2, 0.25) is 0 Å². The molecular weight excluding hydrogens is 388 g/mol. The van der Waals surface area contributed by atoms with Gasteiger partial charge >= 0.3 is 8.80 Å². The monoisotopic (exact) mass is 428 g/mol. The second-order valence-corrected chi connectivity index (χ2v) is 11.0. The molecular formula is C19H40N4O3Si2. The van der Waals surface area contributed by atoms with Crippen LogP contribution in [-0.4, -0.2) is 130 Å². The van der Waals surface area contributed by atoms with Crippen molar-refractivity contribution >= 4 is 18.3 Å². The highest BCUT2D eigenvalue weighted by molar-refractivity contribution is 6.67. The molecule has 28 heavy (non-hydrogen) atoms. The molecule has 2 radical (unpaired) electrons. The van der Waals surface area contributed by atoms with Crippen LogP contribution in [0.1, 0.15) is 20.8 Å². The lowest BCUT2D eigenvalue weighted by Crippen LogP contribution is -2.61. The molecule has 2 aliphatic rings. The van der Waals surface area contributed by atoms with Gasteiger partial charge in [0, 0.05) is 72.2 Å². The van der Waals surface area contributed by atoms with E-state index in [1.165, 1.54) is 0 Å². The van der Waals surface area contributed by atoms with Crippen LogP contribution in [0.15, 0.2) is 11.4 Å². The number of hydrogen-bond acceptors (Lipinski definition) is 7. The molecule has 2 fully saturated rings. The summed E-state index contributed by atoms with van der Waals surface area (Å²) < 4.78 is 17.9. The fourth-order valence-electron chi connectivity index (χ4n) is 3.68. The number of hydrogen-bond donors (Lipinski definition) is 0. The molecule has 9 heteroatoms. The Morgan fingerprint density at radius 1 is 0.750 bits per heavy atom. The minimum Gasteiger partial charge on any atom is -0.371 e. The Bertz CT molecular complexity index is 417. The van der Waals surface area contributed by atoms with Crippen LogP contribution in [0.5, 0.6) is 0 Å². The van der Waals surface area contributed by atoms with Gasteiger partial charge in [0.25, 0.3) is 0 Å². The van der Waals surface area contributed by atoms with Gasteiger partial charge in [-0.25, -0.2) is 0 Å². The van der Waals surface area contributed by atoms with Gasteiger partial charge in [-0.05, 0) is 40.6 Å². The van der Waals surface area contributed by atoms with Gasteiger partial charge in [-0.1, -0.05) is 5.70 Å². The van der Waals surface area contributed by atoms with Crippen LogP contribution in [-0.2, 0) is 13.3 Å². The highest BCUT2D eigenvalue weighted by atomic mass is 28.4. The molecule has 0 aliphatic carbocycles. The average Bonchev–Trinajstić information content (AvgIpc) is 2.68. The van der Waals surface area contributed by atoms with E-state index in [9.17, 15) is 0 Å². The largest absolute Gasteiger partial charge is 0.528 e. The minimum absolute atomic E-state index is 0.468. The van der Waals surface area contributed by atoms with E-state index in [0.29, 0.717) is 35.1 Å². The van der Waals surface area contributed by atoms with Gasteiger partial charge < -0.3 is 23.1 Å². The Hall–Kier alpha value is -0.106. The SMILES string of the molecule is CCO[Si](C=C[Si]C(N1CCN(C)CC1)N1CCN(C)CC1)(OCC)OCC. The summed E-state index contributed by atoms with van der Waals surface area (Å²) in [6.07, 6.45) is 0. The fourth-order valence-corrected chi connectivity index (χ4v) is 7.74. The van der Waals surface area contributed by atoms with Crippen LogP contribution in [0.25, 0.3) is 0 Å². The third-order valence-corrected chi connectivity index (χ3v) is 9.71. The van der Waals surface area contributed by atoms with Crippen molar-refractivity contribution in [2.24, 2.45) is 0 Å². The number of nitrogens with zero attached hydrogens (tertiary/aromatic N) is 4. The predicted molar refractivity (Wildman–Crippen MR) is 117 cm³/mol. The van der Waals surface area contributed by atoms with Crippen molar-refractivity contribution in [2.75, 3.05) is 86.3 Å². The Labute approximate surface area is 175 Å². The molecule has 2 rings (SSSR count). The van der Waals surface area contributed by atoms with E-state index in [-0.39, 0.29) is 0 Å². The van der Waals surface area contributed by atoms with E-state index >= 15 is 0 Å². The molecule has 2 heterocycles. The summed E-state index contributed by atoms with van der Waals surface area (Å²) in [7, 11) is 2.41. The molecule has 0 bridgehead atoms. The van der Waals surface area contributed by atoms with Gasteiger partial charge in [0.2, 0.25) is 0 Å². The summed E-state index contributed by atoms with van der Waals surface area (Å²) in [5.74, 6) is 0.468. The van der Waals surface area contributed by atoms with Crippen molar-refractivity contribution in [2.45, 2.75) is 26.6 Å². The zero-order valence-electron chi connectivity index (χ0n) is 18.5. The van der Waals surface area contributed by atoms with Crippen molar-refractivity contribution < 1.29 is 13.3 Å². The lowest BCUT2D eigenvalue weighted by Gasteiger charge is -2.45. The van der Waals surface area contributed by atoms with Crippen molar-refractivity contribution in [3.63, 3.8) is 0 Å². The maximum atomic E-state index is 5.98. The molecule has 162 valence electrons. The molecule has 0 spiro atoms. The first kappa shape index (κ1) is 24.2. The topological polar surface area (TPSA) is 40.7 Å². The van der Waals surface area contributed by atoms with Crippen LogP contribution in [0, 0.1) is 0 Å². The molecule has 0 N–H and O–H groups in total. The normalized spacial score (nSPS) is 21.9. The van der Waals surface area contributed by atoms with Crippen molar-refractivity contribution in [3.8, 4) is 0 Å². The Kier molecular flexibility index (Phi) is 10.8. The van der Waals surface area contributed by atoms with Gasteiger partial charge in [-0.15, -0.1) is 0 Å². The summed E-state index contributed by atoms with van der Waals surface area (Å²) in [5.41, 5.74) is 4.41. The van der Waals surface area contributed by atoms with Crippen molar-refractivity contribution in [1.29, 1.82) is 0 Å². The van der Waals surface area contributed by atoms with E-state index in [1.54, 1.807) is 0 Å². The molecule has 0 amide bonds. The first-order valence-electron chi connectivity index (χ1n) is 10.7. The van der Waals surface area contributed by atoms with E-state index in [4.69, 9.17) is 13.3 Å². The summed E-state index contributed by atoms with van der Waals surface area (Å²) in [4.78, 5) is 10.2. The summed E-state index contributed by atoms with van der Waals surface area (Å²) >= 11 is 0. The van der Waals surface area contributed by atoms with Gasteiger partial charge in [-0.2, -0.15) is 0 Å². The average molecular weight is 429 g/mol. The zero-order valence-corrected chi connectivity index (χ0v) is 20.5. The quantitative estimate of drug-likeness (QED) is 0.446. The maximum absolute atomic E-state index is 5.98. The van der Waals surface area contributed by atoms with E-state index in [2.05, 4.69) is 45.1 Å². The summed E-state index contributed by atoms with van der Waals surface area (Å²) in [6.45, 7) is 17.0. The summed E-state index contributed by atoms with van der Waals surface area (Å²) in [5, 5.41) is 0. The third kappa shape index (κ3) is 7.30. The standard InChI is InChI=1S/C19H40N4O3Si2/c1-6-24-28(25-7-2,26-8-3)18-17-27-19(22-13-9-20(4)10-14-22)23-15-11-21(5)12-16-23/h17-19H,6-16H2,1-5H3. The molecule has 2 aliphatic heterocycles. The summed E-state index contributed by atoms with van der Waals surface area (Å²) in [6, 6.07) is 0. The Balaban J connectivity index is 2.08. The van der Waals surface area contributed by atoms with Gasteiger partial charge in [-0.3, -0.25) is 9.80 Å². The number of likely N-dealkylation sites (N-methyl/N-ethyl adjacent to an activating group) is 2. The van der Waals surface area contributed by atoms with Gasteiger partial charge in [0.1, 0.15) is 9.52 Å². The van der Waals surface area contributed by atoms with E-state index < -0.39 is 8.80 Å². The molecule has 0 aromatic carbocycles. The van der Waals surface area contributed by atoms with Gasteiger partial charge in [0.15, 0.2) is 0 Å². The Morgan fingerprint density at radius 3 is 1.50 bits per heavy atom. The van der Waals surface area contributed by atoms with Crippen LogP contribution in [0.3, 0.4) is 0 Å². The fraction of sp³-hybridized carbons (Fsp3) is 0.895. The van der Waals surface area contributed by atoms with Crippen molar-refractivity contribution in [1.82, 2.24) is 19.6 Å². The van der Waals surface area contributed by atoms with Crippen LogP contribution < -0.4 is 0 Å². The first-order valence-corrected chi connectivity index (χ1v) is 13.7. The smallest absolute Gasteiger partial charge is 0.371 e. The molecule has 0 atom stereocenters. The molecule has 7 nitrogen and oxygen atoms in total. The number of piperazine rings is 2. The molecule has 0 saturated carbocycles. The second-order valence-electron chi connectivity index (χ2n) is 7.45. The van der Waals surface area contributed by atoms with Crippen molar-refractivity contribution in [3.05, 3.63) is 11.4 Å². The first-order chi connectivity index (χ1) is 13.5. The second kappa shape index (κ2) is 12.6. The number of rotatable bonds is 11. The molecule has 0 aromatic heterocycles. The third-order valence-electron chi connectivity index (χ3n) is 5.34. The highest BCUT2D eigenvalue weighted by Crippen LogP contribution is 2.15. The lowest BCUT2D eigenvalue weighted by atomic mass is 10.3.